The maximum atomic E-state index is 12.5. The summed E-state index contributed by atoms with van der Waals surface area (Å²) >= 11 is 5.88. The fraction of sp³-hybridized carbons (Fsp3) is 0.300. The third-order valence-corrected chi connectivity index (χ3v) is 4.63. The van der Waals surface area contributed by atoms with E-state index in [2.05, 4.69) is 5.32 Å². The zero-order chi connectivity index (χ0) is 18.4. The Morgan fingerprint density at radius 3 is 2.38 bits per heavy atom. The van der Waals surface area contributed by atoms with Crippen LogP contribution in [0.5, 0.6) is 0 Å². The van der Waals surface area contributed by atoms with Crippen molar-refractivity contribution < 1.29 is 9.59 Å². The van der Waals surface area contributed by atoms with Gasteiger partial charge in [0, 0.05) is 31.2 Å². The van der Waals surface area contributed by atoms with Gasteiger partial charge in [-0.3, -0.25) is 4.79 Å². The maximum absolute atomic E-state index is 12.5. The van der Waals surface area contributed by atoms with Gasteiger partial charge in [0.15, 0.2) is 0 Å². The average molecular weight is 372 g/mol. The lowest BCUT2D eigenvalue weighted by molar-refractivity contribution is -0.121. The van der Waals surface area contributed by atoms with E-state index in [1.807, 2.05) is 54.6 Å². The highest BCUT2D eigenvalue weighted by Gasteiger charge is 2.29. The SMILES string of the molecule is O=C(CN1CCN(Cc2ccc(Cl)cc2)C1=O)NCCc1ccccc1. The van der Waals surface area contributed by atoms with Crippen LogP contribution < -0.4 is 5.32 Å². The van der Waals surface area contributed by atoms with Crippen molar-refractivity contribution in [1.29, 1.82) is 0 Å². The number of amides is 3. The molecular weight excluding hydrogens is 350 g/mol. The van der Waals surface area contributed by atoms with E-state index < -0.39 is 0 Å². The average Bonchev–Trinajstić information content (AvgIpc) is 2.98. The Hall–Kier alpha value is -2.53. The molecule has 1 saturated heterocycles. The van der Waals surface area contributed by atoms with E-state index in [1.54, 1.807) is 9.80 Å². The van der Waals surface area contributed by atoms with Crippen LogP contribution in [0, 0.1) is 0 Å². The van der Waals surface area contributed by atoms with E-state index in [4.69, 9.17) is 11.6 Å². The van der Waals surface area contributed by atoms with Gasteiger partial charge < -0.3 is 15.1 Å². The van der Waals surface area contributed by atoms with E-state index in [0.717, 1.165) is 12.0 Å². The van der Waals surface area contributed by atoms with Crippen LogP contribution in [-0.4, -0.2) is 47.9 Å². The first kappa shape index (κ1) is 18.3. The van der Waals surface area contributed by atoms with E-state index in [-0.39, 0.29) is 18.5 Å². The van der Waals surface area contributed by atoms with E-state index in [0.29, 0.717) is 31.2 Å². The third kappa shape index (κ3) is 4.99. The highest BCUT2D eigenvalue weighted by molar-refractivity contribution is 6.30. The molecule has 0 aliphatic carbocycles. The monoisotopic (exact) mass is 371 g/mol. The largest absolute Gasteiger partial charge is 0.354 e. The number of carbonyl (C=O) groups excluding carboxylic acids is 2. The first-order chi connectivity index (χ1) is 12.6. The van der Waals surface area contributed by atoms with Crippen molar-refractivity contribution >= 4 is 23.5 Å². The van der Waals surface area contributed by atoms with Crippen molar-refractivity contribution in [1.82, 2.24) is 15.1 Å². The van der Waals surface area contributed by atoms with Crippen LogP contribution in [-0.2, 0) is 17.8 Å². The second-order valence-electron chi connectivity index (χ2n) is 6.34. The van der Waals surface area contributed by atoms with Crippen LogP contribution in [0.2, 0.25) is 5.02 Å². The number of halogens is 1. The van der Waals surface area contributed by atoms with Crippen molar-refractivity contribution in [2.75, 3.05) is 26.2 Å². The summed E-state index contributed by atoms with van der Waals surface area (Å²) in [6, 6.07) is 17.4. The number of carbonyl (C=O) groups is 2. The summed E-state index contributed by atoms with van der Waals surface area (Å²) in [5.41, 5.74) is 2.20. The summed E-state index contributed by atoms with van der Waals surface area (Å²) < 4.78 is 0. The van der Waals surface area contributed by atoms with Gasteiger partial charge in [0.2, 0.25) is 5.91 Å². The van der Waals surface area contributed by atoms with Crippen molar-refractivity contribution in [2.24, 2.45) is 0 Å². The summed E-state index contributed by atoms with van der Waals surface area (Å²) in [7, 11) is 0. The topological polar surface area (TPSA) is 52.7 Å². The van der Waals surface area contributed by atoms with Crippen molar-refractivity contribution in [2.45, 2.75) is 13.0 Å². The fourth-order valence-electron chi connectivity index (χ4n) is 2.96. The van der Waals surface area contributed by atoms with Crippen LogP contribution >= 0.6 is 11.6 Å². The summed E-state index contributed by atoms with van der Waals surface area (Å²) in [6.07, 6.45) is 0.781. The van der Waals surface area contributed by atoms with Crippen LogP contribution in [0.15, 0.2) is 54.6 Å². The van der Waals surface area contributed by atoms with Gasteiger partial charge in [-0.1, -0.05) is 54.1 Å². The van der Waals surface area contributed by atoms with Crippen molar-refractivity contribution in [3.63, 3.8) is 0 Å². The molecule has 0 aromatic heterocycles. The molecule has 1 fully saturated rings. The fourth-order valence-corrected chi connectivity index (χ4v) is 3.08. The van der Waals surface area contributed by atoms with Crippen molar-refractivity contribution in [3.05, 3.63) is 70.7 Å². The third-order valence-electron chi connectivity index (χ3n) is 4.38. The van der Waals surface area contributed by atoms with Crippen LogP contribution in [0.3, 0.4) is 0 Å². The summed E-state index contributed by atoms with van der Waals surface area (Å²) in [6.45, 7) is 2.39. The zero-order valence-electron chi connectivity index (χ0n) is 14.5. The Balaban J connectivity index is 1.43. The van der Waals surface area contributed by atoms with Gasteiger partial charge in [-0.15, -0.1) is 0 Å². The van der Waals surface area contributed by atoms with Gasteiger partial charge in [-0.2, -0.15) is 0 Å². The number of benzene rings is 2. The second kappa shape index (κ2) is 8.72. The predicted molar refractivity (Wildman–Crippen MR) is 102 cm³/mol. The molecule has 1 aliphatic heterocycles. The van der Waals surface area contributed by atoms with Gasteiger partial charge >= 0.3 is 6.03 Å². The number of urea groups is 1. The standard InChI is InChI=1S/C20H22ClN3O2/c21-18-8-6-17(7-9-18)14-23-12-13-24(20(23)26)15-19(25)22-11-10-16-4-2-1-3-5-16/h1-9H,10-15H2,(H,22,25). The smallest absolute Gasteiger partial charge is 0.320 e. The molecule has 0 saturated carbocycles. The molecule has 2 aromatic carbocycles. The molecular formula is C20H22ClN3O2. The number of hydrogen-bond donors (Lipinski definition) is 1. The number of hydrogen-bond acceptors (Lipinski definition) is 2. The molecule has 1 aliphatic rings. The Kier molecular flexibility index (Phi) is 6.12. The van der Waals surface area contributed by atoms with Gasteiger partial charge in [0.05, 0.1) is 0 Å². The molecule has 26 heavy (non-hydrogen) atoms. The minimum atomic E-state index is -0.123. The predicted octanol–water partition coefficient (Wildman–Crippen LogP) is 2.94. The molecule has 0 unspecified atom stereocenters. The van der Waals surface area contributed by atoms with Crippen molar-refractivity contribution in [3.8, 4) is 0 Å². The molecule has 3 rings (SSSR count). The zero-order valence-corrected chi connectivity index (χ0v) is 15.3. The number of nitrogens with one attached hydrogen (secondary N) is 1. The highest BCUT2D eigenvalue weighted by Crippen LogP contribution is 2.15. The molecule has 1 N–H and O–H groups in total. The molecule has 1 heterocycles. The molecule has 3 amide bonds. The first-order valence-electron chi connectivity index (χ1n) is 8.71. The van der Waals surface area contributed by atoms with E-state index in [1.165, 1.54) is 5.56 Å². The number of rotatable bonds is 7. The Labute approximate surface area is 158 Å². The molecule has 0 radical (unpaired) electrons. The summed E-state index contributed by atoms with van der Waals surface area (Å²) in [4.78, 5) is 27.9. The van der Waals surface area contributed by atoms with Gasteiger partial charge in [0.1, 0.15) is 6.54 Å². The molecule has 0 atom stereocenters. The second-order valence-corrected chi connectivity index (χ2v) is 6.77. The highest BCUT2D eigenvalue weighted by atomic mass is 35.5. The first-order valence-corrected chi connectivity index (χ1v) is 9.08. The van der Waals surface area contributed by atoms with E-state index in [9.17, 15) is 9.59 Å². The Bertz CT molecular complexity index is 749. The normalized spacial score (nSPS) is 14.0. The molecule has 5 nitrogen and oxygen atoms in total. The van der Waals surface area contributed by atoms with E-state index >= 15 is 0 Å². The minimum absolute atomic E-state index is 0.0989. The Morgan fingerprint density at radius 1 is 0.962 bits per heavy atom. The minimum Gasteiger partial charge on any atom is -0.354 e. The maximum Gasteiger partial charge on any atom is 0.320 e. The van der Waals surface area contributed by atoms with Gasteiger partial charge in [-0.05, 0) is 29.7 Å². The molecule has 0 bridgehead atoms. The molecule has 6 heteroatoms. The van der Waals surface area contributed by atoms with Gasteiger partial charge in [0.25, 0.3) is 0 Å². The van der Waals surface area contributed by atoms with Crippen LogP contribution in [0.25, 0.3) is 0 Å². The summed E-state index contributed by atoms with van der Waals surface area (Å²) in [5, 5.41) is 3.56. The lowest BCUT2D eigenvalue weighted by Gasteiger charge is -2.18. The lowest BCUT2D eigenvalue weighted by atomic mass is 10.1. The van der Waals surface area contributed by atoms with Crippen LogP contribution in [0.1, 0.15) is 11.1 Å². The lowest BCUT2D eigenvalue weighted by Crippen LogP contribution is -2.40. The van der Waals surface area contributed by atoms with Gasteiger partial charge in [-0.25, -0.2) is 4.79 Å². The quantitative estimate of drug-likeness (QED) is 0.813. The molecule has 0 spiro atoms. The molecule has 2 aromatic rings. The summed E-state index contributed by atoms with van der Waals surface area (Å²) in [5.74, 6) is -0.123. The number of nitrogens with zero attached hydrogens (tertiary/aromatic N) is 2. The Morgan fingerprint density at radius 2 is 1.65 bits per heavy atom. The molecule has 136 valence electrons. The van der Waals surface area contributed by atoms with Crippen LogP contribution in [0.4, 0.5) is 4.79 Å².